The predicted molar refractivity (Wildman–Crippen MR) is 107 cm³/mol. The average Bonchev–Trinajstić information content (AvgIpc) is 3.22. The number of hydrogen-bond acceptors (Lipinski definition) is 4. The van der Waals surface area contributed by atoms with Crippen molar-refractivity contribution >= 4 is 28.8 Å². The second kappa shape index (κ2) is 9.66. The minimum atomic E-state index is -0.357. The molecule has 0 fully saturated rings. The minimum absolute atomic E-state index is 0.168. The Hall–Kier alpha value is -3.19. The third-order valence-corrected chi connectivity index (χ3v) is 4.66. The zero-order chi connectivity index (χ0) is 19.8. The molecule has 144 valence electrons. The molecule has 0 unspecified atom stereocenters. The SMILES string of the molecule is O=C(CCNC(=O)c1cccs1)Nc1cccc(COc2cccc(F)c2)c1. The Morgan fingerprint density at radius 2 is 1.89 bits per heavy atom. The van der Waals surface area contributed by atoms with Crippen LogP contribution in [0.5, 0.6) is 5.75 Å². The molecular weight excluding hydrogens is 379 g/mol. The van der Waals surface area contributed by atoms with E-state index in [0.29, 0.717) is 16.3 Å². The van der Waals surface area contributed by atoms with Gasteiger partial charge in [-0.3, -0.25) is 9.59 Å². The maximum Gasteiger partial charge on any atom is 0.261 e. The molecule has 2 aromatic carbocycles. The lowest BCUT2D eigenvalue weighted by atomic mass is 10.2. The summed E-state index contributed by atoms with van der Waals surface area (Å²) in [6.07, 6.45) is 0.168. The van der Waals surface area contributed by atoms with E-state index in [4.69, 9.17) is 4.74 Å². The molecule has 2 N–H and O–H groups in total. The highest BCUT2D eigenvalue weighted by Crippen LogP contribution is 2.16. The highest BCUT2D eigenvalue weighted by Gasteiger charge is 2.08. The van der Waals surface area contributed by atoms with E-state index in [1.54, 1.807) is 42.5 Å². The van der Waals surface area contributed by atoms with Gasteiger partial charge in [0.25, 0.3) is 5.91 Å². The second-order valence-electron chi connectivity index (χ2n) is 5.98. The minimum Gasteiger partial charge on any atom is -0.489 e. The van der Waals surface area contributed by atoms with Crippen molar-refractivity contribution in [2.75, 3.05) is 11.9 Å². The lowest BCUT2D eigenvalue weighted by Gasteiger charge is -2.09. The van der Waals surface area contributed by atoms with Crippen LogP contribution in [0.25, 0.3) is 0 Å². The van der Waals surface area contributed by atoms with E-state index in [0.717, 1.165) is 5.56 Å². The lowest BCUT2D eigenvalue weighted by molar-refractivity contribution is -0.116. The van der Waals surface area contributed by atoms with Gasteiger partial charge >= 0.3 is 0 Å². The highest BCUT2D eigenvalue weighted by molar-refractivity contribution is 7.12. The number of amides is 2. The number of benzene rings is 2. The van der Waals surface area contributed by atoms with E-state index in [1.165, 1.54) is 23.5 Å². The van der Waals surface area contributed by atoms with Gasteiger partial charge in [0.15, 0.2) is 0 Å². The molecule has 0 bridgehead atoms. The van der Waals surface area contributed by atoms with Gasteiger partial charge in [-0.15, -0.1) is 11.3 Å². The molecule has 7 heteroatoms. The molecule has 0 spiro atoms. The van der Waals surface area contributed by atoms with E-state index in [1.807, 2.05) is 11.4 Å². The van der Waals surface area contributed by atoms with Crippen molar-refractivity contribution < 1.29 is 18.7 Å². The van der Waals surface area contributed by atoms with Crippen LogP contribution in [0.1, 0.15) is 21.7 Å². The number of carbonyl (C=O) groups excluding carboxylic acids is 2. The number of carbonyl (C=O) groups is 2. The molecule has 5 nitrogen and oxygen atoms in total. The largest absolute Gasteiger partial charge is 0.489 e. The van der Waals surface area contributed by atoms with Gasteiger partial charge in [-0.05, 0) is 41.3 Å². The summed E-state index contributed by atoms with van der Waals surface area (Å²) in [6.45, 7) is 0.509. The van der Waals surface area contributed by atoms with Gasteiger partial charge in [-0.2, -0.15) is 0 Å². The first-order valence-electron chi connectivity index (χ1n) is 8.69. The topological polar surface area (TPSA) is 67.4 Å². The molecule has 3 aromatic rings. The molecule has 3 rings (SSSR count). The second-order valence-corrected chi connectivity index (χ2v) is 6.93. The smallest absolute Gasteiger partial charge is 0.261 e. The number of rotatable bonds is 8. The summed E-state index contributed by atoms with van der Waals surface area (Å²) in [5.74, 6) is -0.297. The molecule has 1 heterocycles. The summed E-state index contributed by atoms with van der Waals surface area (Å²) in [4.78, 5) is 24.5. The van der Waals surface area contributed by atoms with Crippen LogP contribution in [-0.2, 0) is 11.4 Å². The summed E-state index contributed by atoms with van der Waals surface area (Å²) in [5.41, 5.74) is 1.47. The van der Waals surface area contributed by atoms with Gasteiger partial charge in [0.05, 0.1) is 4.88 Å². The first-order valence-corrected chi connectivity index (χ1v) is 9.57. The predicted octanol–water partition coefficient (Wildman–Crippen LogP) is 4.22. The van der Waals surface area contributed by atoms with E-state index in [2.05, 4.69) is 10.6 Å². The summed E-state index contributed by atoms with van der Waals surface area (Å²) < 4.78 is 18.7. The molecular formula is C21H19FN2O3S. The van der Waals surface area contributed by atoms with Crippen LogP contribution >= 0.6 is 11.3 Å². The van der Waals surface area contributed by atoms with Crippen LogP contribution in [-0.4, -0.2) is 18.4 Å². The first-order chi connectivity index (χ1) is 13.6. The Labute approximate surface area is 166 Å². The van der Waals surface area contributed by atoms with Crippen molar-refractivity contribution in [1.29, 1.82) is 0 Å². The molecule has 0 radical (unpaired) electrons. The molecule has 0 aliphatic heterocycles. The Morgan fingerprint density at radius 3 is 2.68 bits per heavy atom. The summed E-state index contributed by atoms with van der Waals surface area (Å²) in [6, 6.07) is 16.7. The maximum atomic E-state index is 13.2. The van der Waals surface area contributed by atoms with Crippen LogP contribution in [0.3, 0.4) is 0 Å². The third-order valence-electron chi connectivity index (χ3n) is 3.79. The van der Waals surface area contributed by atoms with Crippen molar-refractivity contribution in [2.45, 2.75) is 13.0 Å². The van der Waals surface area contributed by atoms with Crippen LogP contribution in [0.4, 0.5) is 10.1 Å². The average molecular weight is 398 g/mol. The molecule has 2 amide bonds. The van der Waals surface area contributed by atoms with Crippen molar-refractivity contribution in [1.82, 2.24) is 5.32 Å². The number of thiophene rings is 1. The van der Waals surface area contributed by atoms with Gasteiger partial charge in [-0.25, -0.2) is 4.39 Å². The quantitative estimate of drug-likeness (QED) is 0.597. The first kappa shape index (κ1) is 19.6. The molecule has 0 saturated carbocycles. The fourth-order valence-electron chi connectivity index (χ4n) is 2.47. The van der Waals surface area contributed by atoms with E-state index >= 15 is 0 Å². The molecule has 0 aliphatic carbocycles. The Bertz CT molecular complexity index is 944. The van der Waals surface area contributed by atoms with Crippen LogP contribution in [0.15, 0.2) is 66.0 Å². The summed E-state index contributed by atoms with van der Waals surface area (Å²) >= 11 is 1.35. The fraction of sp³-hybridized carbons (Fsp3) is 0.143. The van der Waals surface area contributed by atoms with Crippen LogP contribution in [0, 0.1) is 5.82 Å². The highest BCUT2D eigenvalue weighted by atomic mass is 32.1. The Kier molecular flexibility index (Phi) is 6.75. The van der Waals surface area contributed by atoms with Crippen LogP contribution in [0.2, 0.25) is 0 Å². The number of ether oxygens (including phenoxy) is 1. The van der Waals surface area contributed by atoms with Crippen molar-refractivity contribution in [3.63, 3.8) is 0 Å². The molecule has 0 aliphatic rings. The number of hydrogen-bond donors (Lipinski definition) is 2. The van der Waals surface area contributed by atoms with E-state index in [-0.39, 0.29) is 37.2 Å². The van der Waals surface area contributed by atoms with Crippen molar-refractivity contribution in [2.24, 2.45) is 0 Å². The lowest BCUT2D eigenvalue weighted by Crippen LogP contribution is -2.27. The maximum absolute atomic E-state index is 13.2. The van der Waals surface area contributed by atoms with Gasteiger partial charge in [0.1, 0.15) is 18.2 Å². The van der Waals surface area contributed by atoms with Crippen molar-refractivity contribution in [3.8, 4) is 5.75 Å². The van der Waals surface area contributed by atoms with Crippen molar-refractivity contribution in [3.05, 3.63) is 82.3 Å². The molecule has 28 heavy (non-hydrogen) atoms. The monoisotopic (exact) mass is 398 g/mol. The van der Waals surface area contributed by atoms with Gasteiger partial charge in [0, 0.05) is 24.7 Å². The third kappa shape index (κ3) is 5.92. The fourth-order valence-corrected chi connectivity index (χ4v) is 3.11. The summed E-state index contributed by atoms with van der Waals surface area (Å²) in [7, 11) is 0. The molecule has 0 saturated heterocycles. The number of halogens is 1. The number of anilines is 1. The number of nitrogens with one attached hydrogen (secondary N) is 2. The van der Waals surface area contributed by atoms with Gasteiger partial charge in [0.2, 0.25) is 5.91 Å². The van der Waals surface area contributed by atoms with E-state index < -0.39 is 0 Å². The van der Waals surface area contributed by atoms with Gasteiger partial charge < -0.3 is 15.4 Å². The normalized spacial score (nSPS) is 10.3. The zero-order valence-corrected chi connectivity index (χ0v) is 15.8. The van der Waals surface area contributed by atoms with Crippen LogP contribution < -0.4 is 15.4 Å². The molecule has 1 aromatic heterocycles. The Balaban J connectivity index is 1.45. The standard InChI is InChI=1S/C21H19FN2O3S/c22-16-5-2-7-18(13-16)27-14-15-4-1-6-17(12-15)24-20(25)9-10-23-21(26)19-8-3-11-28-19/h1-8,11-13H,9-10,14H2,(H,23,26)(H,24,25). The Morgan fingerprint density at radius 1 is 1.04 bits per heavy atom. The summed E-state index contributed by atoms with van der Waals surface area (Å²) in [5, 5.41) is 7.34. The van der Waals surface area contributed by atoms with E-state index in [9.17, 15) is 14.0 Å². The molecule has 0 atom stereocenters. The van der Waals surface area contributed by atoms with Gasteiger partial charge in [-0.1, -0.05) is 24.3 Å². The zero-order valence-electron chi connectivity index (χ0n) is 15.0.